The minimum Gasteiger partial charge on any atom is -0.502 e. The fraction of sp³-hybridized carbons (Fsp3) is 0.455. The number of hydrogen-bond acceptors (Lipinski definition) is 10. The molecule has 2 N–H and O–H groups in total. The summed E-state index contributed by atoms with van der Waals surface area (Å²) < 4.78 is 26.5. The van der Waals surface area contributed by atoms with Gasteiger partial charge in [0.25, 0.3) is 0 Å². The molecule has 0 amide bonds. The summed E-state index contributed by atoms with van der Waals surface area (Å²) in [5.74, 6) is -1.85. The average Bonchev–Trinajstić information content (AvgIpc) is 2.80. The minimum atomic E-state index is -0.900. The van der Waals surface area contributed by atoms with Gasteiger partial charge in [-0.15, -0.1) is 0 Å². The summed E-state index contributed by atoms with van der Waals surface area (Å²) in [5, 5.41) is 20.8. The van der Waals surface area contributed by atoms with Gasteiger partial charge < -0.3 is 33.6 Å². The fourth-order valence-corrected chi connectivity index (χ4v) is 3.58. The number of nitrogens with zero attached hydrogens (tertiary/aromatic N) is 1. The molecule has 1 aromatic carbocycles. The van der Waals surface area contributed by atoms with Crippen molar-refractivity contribution in [1.82, 2.24) is 4.90 Å². The number of phenols is 1. The lowest BCUT2D eigenvalue weighted by Gasteiger charge is -2.26. The Morgan fingerprint density at radius 3 is 2.25 bits per heavy atom. The van der Waals surface area contributed by atoms with Crippen molar-refractivity contribution in [3.8, 4) is 23.0 Å². The monoisotopic (exact) mass is 449 g/mol. The van der Waals surface area contributed by atoms with E-state index in [9.17, 15) is 19.8 Å². The molecule has 0 saturated carbocycles. The Kier molecular flexibility index (Phi) is 7.60. The highest BCUT2D eigenvalue weighted by Crippen LogP contribution is 2.42. The second-order valence-electron chi connectivity index (χ2n) is 7.29. The molecule has 32 heavy (non-hydrogen) atoms. The van der Waals surface area contributed by atoms with Crippen molar-refractivity contribution >= 4 is 5.97 Å². The predicted molar refractivity (Wildman–Crippen MR) is 112 cm³/mol. The molecular weight excluding hydrogens is 422 g/mol. The highest BCUT2D eigenvalue weighted by atomic mass is 16.5. The van der Waals surface area contributed by atoms with E-state index in [0.717, 1.165) is 0 Å². The summed E-state index contributed by atoms with van der Waals surface area (Å²) in [7, 11) is 3.98. The number of phenolic OH excluding ortho intramolecular Hbond substituents is 1. The Hall–Kier alpha value is -3.24. The Balaban J connectivity index is 2.09. The zero-order valence-corrected chi connectivity index (χ0v) is 18.3. The molecule has 1 aromatic heterocycles. The number of carbonyl (C=O) groups is 1. The van der Waals surface area contributed by atoms with E-state index in [-0.39, 0.29) is 29.4 Å². The predicted octanol–water partition coefficient (Wildman–Crippen LogP) is 1.60. The summed E-state index contributed by atoms with van der Waals surface area (Å²) in [6.07, 6.45) is -0.231. The van der Waals surface area contributed by atoms with Crippen LogP contribution in [0.5, 0.6) is 23.0 Å². The maximum absolute atomic E-state index is 12.5. The third-order valence-corrected chi connectivity index (χ3v) is 5.30. The van der Waals surface area contributed by atoms with Crippen molar-refractivity contribution < 1.29 is 38.4 Å². The first-order valence-corrected chi connectivity index (χ1v) is 10.1. The number of ether oxygens (including phenoxy) is 4. The van der Waals surface area contributed by atoms with E-state index in [2.05, 4.69) is 4.90 Å². The van der Waals surface area contributed by atoms with E-state index < -0.39 is 23.1 Å². The van der Waals surface area contributed by atoms with Crippen LogP contribution in [0.25, 0.3) is 0 Å². The number of hydrogen-bond donors (Lipinski definition) is 2. The van der Waals surface area contributed by atoms with E-state index in [1.165, 1.54) is 39.5 Å². The summed E-state index contributed by atoms with van der Waals surface area (Å²) in [6, 6.07) is 4.21. The van der Waals surface area contributed by atoms with Gasteiger partial charge in [0, 0.05) is 19.2 Å². The zero-order valence-electron chi connectivity index (χ0n) is 18.3. The van der Waals surface area contributed by atoms with Crippen molar-refractivity contribution in [3.05, 3.63) is 45.5 Å². The molecule has 1 unspecified atom stereocenters. The molecule has 2 heterocycles. The van der Waals surface area contributed by atoms with Crippen LogP contribution in [-0.4, -0.2) is 68.7 Å². The summed E-state index contributed by atoms with van der Waals surface area (Å²) >= 11 is 0. The van der Waals surface area contributed by atoms with Gasteiger partial charge in [0.1, 0.15) is 5.76 Å². The van der Waals surface area contributed by atoms with Crippen LogP contribution >= 0.6 is 0 Å². The van der Waals surface area contributed by atoms with Gasteiger partial charge in [0.05, 0.1) is 53.4 Å². The van der Waals surface area contributed by atoms with Crippen molar-refractivity contribution in [1.29, 1.82) is 0 Å². The lowest BCUT2D eigenvalue weighted by atomic mass is 9.91. The van der Waals surface area contributed by atoms with Gasteiger partial charge in [-0.3, -0.25) is 14.5 Å². The second-order valence-corrected chi connectivity index (χ2v) is 7.29. The number of methoxy groups -OCH3 is 3. The third-order valence-electron chi connectivity index (χ3n) is 5.30. The first-order valence-electron chi connectivity index (χ1n) is 10.1. The molecule has 10 heteroatoms. The number of rotatable bonds is 8. The highest BCUT2D eigenvalue weighted by Gasteiger charge is 2.29. The van der Waals surface area contributed by atoms with Gasteiger partial charge in [0.2, 0.25) is 16.9 Å². The second kappa shape index (κ2) is 10.4. The molecule has 1 aliphatic heterocycles. The lowest BCUT2D eigenvalue weighted by molar-refractivity contribution is -0.140. The van der Waals surface area contributed by atoms with Gasteiger partial charge in [0.15, 0.2) is 17.3 Å². The quantitative estimate of drug-likeness (QED) is 0.574. The smallest absolute Gasteiger partial charge is 0.306 e. The molecule has 0 bridgehead atoms. The van der Waals surface area contributed by atoms with Gasteiger partial charge in [-0.25, -0.2) is 0 Å². The Bertz CT molecular complexity index is 986. The van der Waals surface area contributed by atoms with E-state index in [1.54, 1.807) is 0 Å². The number of carbonyl (C=O) groups excluding carboxylic acids is 1. The van der Waals surface area contributed by atoms with Crippen molar-refractivity contribution in [3.63, 3.8) is 0 Å². The zero-order chi connectivity index (χ0) is 23.3. The van der Waals surface area contributed by atoms with E-state index in [0.29, 0.717) is 44.2 Å². The van der Waals surface area contributed by atoms with Gasteiger partial charge in [-0.1, -0.05) is 0 Å². The van der Waals surface area contributed by atoms with Crippen LogP contribution in [0.15, 0.2) is 27.4 Å². The van der Waals surface area contributed by atoms with E-state index >= 15 is 0 Å². The van der Waals surface area contributed by atoms with Crippen LogP contribution in [0.4, 0.5) is 0 Å². The Labute approximate surface area is 184 Å². The largest absolute Gasteiger partial charge is 0.502 e. The van der Waals surface area contributed by atoms with Crippen LogP contribution in [-0.2, 0) is 20.8 Å². The van der Waals surface area contributed by atoms with Crippen LogP contribution in [0.1, 0.15) is 29.4 Å². The van der Waals surface area contributed by atoms with Crippen LogP contribution < -0.4 is 14.9 Å². The standard InChI is InChI=1S/C22H27NO9/c1-28-17-8-13(9-18(29-2)21(17)27)15(11-19(25)30-3)22-20(26)16(24)10-14(32-22)12-23-4-6-31-7-5-23/h8-10,15,26-27H,4-7,11-12H2,1-3H3. The third kappa shape index (κ3) is 5.14. The lowest BCUT2D eigenvalue weighted by Crippen LogP contribution is -2.35. The number of benzene rings is 1. The maximum atomic E-state index is 12.5. The molecule has 0 aliphatic carbocycles. The summed E-state index contributed by atoms with van der Waals surface area (Å²) in [5.41, 5.74) is -0.203. The molecule has 0 radical (unpaired) electrons. The number of esters is 1. The first kappa shape index (κ1) is 23.4. The molecule has 3 rings (SSSR count). The number of aromatic hydroxyl groups is 2. The van der Waals surface area contributed by atoms with Gasteiger partial charge in [-0.2, -0.15) is 0 Å². The topological polar surface area (TPSA) is 128 Å². The summed E-state index contributed by atoms with van der Waals surface area (Å²) in [6.45, 7) is 2.86. The molecule has 10 nitrogen and oxygen atoms in total. The van der Waals surface area contributed by atoms with Gasteiger partial charge in [-0.05, 0) is 17.7 Å². The average molecular weight is 449 g/mol. The Morgan fingerprint density at radius 2 is 1.69 bits per heavy atom. The van der Waals surface area contributed by atoms with Gasteiger partial charge >= 0.3 is 5.97 Å². The van der Waals surface area contributed by atoms with Crippen molar-refractivity contribution in [2.75, 3.05) is 47.6 Å². The molecule has 2 aromatic rings. The normalized spacial score (nSPS) is 15.2. The molecule has 0 spiro atoms. The minimum absolute atomic E-state index is 0.0824. The maximum Gasteiger partial charge on any atom is 0.306 e. The molecule has 1 fully saturated rings. The highest BCUT2D eigenvalue weighted by molar-refractivity contribution is 5.71. The van der Waals surface area contributed by atoms with Crippen LogP contribution in [0.3, 0.4) is 0 Å². The fourth-order valence-electron chi connectivity index (χ4n) is 3.58. The molecular formula is C22H27NO9. The molecule has 174 valence electrons. The van der Waals surface area contributed by atoms with Crippen molar-refractivity contribution in [2.45, 2.75) is 18.9 Å². The Morgan fingerprint density at radius 1 is 1.06 bits per heavy atom. The summed E-state index contributed by atoms with van der Waals surface area (Å²) in [4.78, 5) is 26.8. The molecule has 1 aliphatic rings. The first-order chi connectivity index (χ1) is 15.4. The number of morpholine rings is 1. The molecule has 1 atom stereocenters. The van der Waals surface area contributed by atoms with Crippen molar-refractivity contribution in [2.24, 2.45) is 0 Å². The van der Waals surface area contributed by atoms with Crippen LogP contribution in [0.2, 0.25) is 0 Å². The SMILES string of the molecule is COC(=O)CC(c1cc(OC)c(O)c(OC)c1)c1oc(CN2CCOCC2)cc(=O)c1O. The van der Waals surface area contributed by atoms with E-state index in [4.69, 9.17) is 23.4 Å². The van der Waals surface area contributed by atoms with E-state index in [1.807, 2.05) is 0 Å². The van der Waals surface area contributed by atoms with Crippen LogP contribution in [0, 0.1) is 0 Å². The molecule has 1 saturated heterocycles.